The fourth-order valence-electron chi connectivity index (χ4n) is 2.76. The van der Waals surface area contributed by atoms with Crippen LogP contribution in [0.3, 0.4) is 0 Å². The van der Waals surface area contributed by atoms with E-state index in [1.165, 1.54) is 33.5 Å². The summed E-state index contributed by atoms with van der Waals surface area (Å²) in [5.41, 5.74) is 1.64. The lowest BCUT2D eigenvalue weighted by atomic mass is 10.1. The highest BCUT2D eigenvalue weighted by Gasteiger charge is 2.17. The van der Waals surface area contributed by atoms with Gasteiger partial charge < -0.3 is 24.8 Å². The molecule has 0 bridgehead atoms. The first-order valence-electron chi connectivity index (χ1n) is 8.88. The maximum Gasteiger partial charge on any atom is 0.251 e. The molecule has 3 rings (SSSR count). The monoisotopic (exact) mass is 411 g/mol. The van der Waals surface area contributed by atoms with E-state index in [9.17, 15) is 9.59 Å². The Morgan fingerprint density at radius 3 is 2.23 bits per heavy atom. The zero-order valence-corrected chi connectivity index (χ0v) is 16.7. The minimum Gasteiger partial charge on any atom is -0.493 e. The summed E-state index contributed by atoms with van der Waals surface area (Å²) in [7, 11) is 4.39. The van der Waals surface area contributed by atoms with Gasteiger partial charge in [0.1, 0.15) is 12.7 Å². The van der Waals surface area contributed by atoms with Crippen molar-refractivity contribution in [2.24, 2.45) is 0 Å². The van der Waals surface area contributed by atoms with Crippen LogP contribution in [0, 0.1) is 0 Å². The van der Waals surface area contributed by atoms with Crippen LogP contribution < -0.4 is 24.8 Å². The molecule has 0 saturated carbocycles. The molecule has 2 aromatic carbocycles. The average molecular weight is 411 g/mol. The van der Waals surface area contributed by atoms with Crippen molar-refractivity contribution < 1.29 is 23.8 Å². The predicted molar refractivity (Wildman–Crippen MR) is 108 cm³/mol. The van der Waals surface area contributed by atoms with Crippen LogP contribution in [-0.2, 0) is 4.79 Å². The maximum atomic E-state index is 12.5. The lowest BCUT2D eigenvalue weighted by molar-refractivity contribution is -0.115. The van der Waals surface area contributed by atoms with Gasteiger partial charge in [-0.3, -0.25) is 14.2 Å². The van der Waals surface area contributed by atoms with Gasteiger partial charge in [-0.05, 0) is 30.3 Å². The summed E-state index contributed by atoms with van der Waals surface area (Å²) in [6.45, 7) is -0.216. The molecule has 0 aliphatic carbocycles. The molecule has 1 heterocycles. The van der Waals surface area contributed by atoms with Gasteiger partial charge in [-0.15, -0.1) is 10.2 Å². The molecular formula is C20H21N5O5. The number of carbonyl (C=O) groups is 2. The van der Waals surface area contributed by atoms with Crippen molar-refractivity contribution in [1.29, 1.82) is 0 Å². The number of aromatic nitrogens is 3. The lowest BCUT2D eigenvalue weighted by Gasteiger charge is -2.14. The van der Waals surface area contributed by atoms with E-state index < -0.39 is 5.91 Å². The van der Waals surface area contributed by atoms with Crippen LogP contribution in [0.1, 0.15) is 10.4 Å². The SMILES string of the molecule is COc1cc(C(=O)NCC(=O)Nc2cccc(-n3cnnc3)c2)cc(OC)c1OC. The number of hydrogen-bond donors (Lipinski definition) is 2. The summed E-state index contributed by atoms with van der Waals surface area (Å²) in [6, 6.07) is 10.2. The highest BCUT2D eigenvalue weighted by atomic mass is 16.5. The molecule has 10 heteroatoms. The molecule has 0 atom stereocenters. The number of amides is 2. The van der Waals surface area contributed by atoms with E-state index in [0.29, 0.717) is 22.9 Å². The quantitative estimate of drug-likeness (QED) is 0.579. The number of methoxy groups -OCH3 is 3. The first-order valence-corrected chi connectivity index (χ1v) is 8.88. The number of carbonyl (C=O) groups excluding carboxylic acids is 2. The van der Waals surface area contributed by atoms with Crippen molar-refractivity contribution in [1.82, 2.24) is 20.1 Å². The molecule has 2 amide bonds. The van der Waals surface area contributed by atoms with E-state index >= 15 is 0 Å². The zero-order valence-electron chi connectivity index (χ0n) is 16.7. The highest BCUT2D eigenvalue weighted by molar-refractivity contribution is 6.00. The van der Waals surface area contributed by atoms with Gasteiger partial charge in [-0.1, -0.05) is 6.07 Å². The predicted octanol–water partition coefficient (Wildman–Crippen LogP) is 1.66. The Morgan fingerprint density at radius 1 is 0.967 bits per heavy atom. The first kappa shape index (κ1) is 20.6. The van der Waals surface area contributed by atoms with Gasteiger partial charge in [0.05, 0.1) is 33.6 Å². The second-order valence-corrected chi connectivity index (χ2v) is 6.06. The Balaban J connectivity index is 1.64. The molecule has 0 spiro atoms. The molecule has 1 aromatic heterocycles. The topological polar surface area (TPSA) is 117 Å². The normalized spacial score (nSPS) is 10.2. The van der Waals surface area contributed by atoms with Crippen LogP contribution in [0.2, 0.25) is 0 Å². The summed E-state index contributed by atoms with van der Waals surface area (Å²) < 4.78 is 17.4. The summed E-state index contributed by atoms with van der Waals surface area (Å²) in [5.74, 6) is 0.233. The van der Waals surface area contributed by atoms with E-state index in [-0.39, 0.29) is 18.0 Å². The summed E-state index contributed by atoms with van der Waals surface area (Å²) >= 11 is 0. The zero-order chi connectivity index (χ0) is 21.5. The number of hydrogen-bond acceptors (Lipinski definition) is 7. The van der Waals surface area contributed by atoms with Crippen molar-refractivity contribution in [2.75, 3.05) is 33.2 Å². The molecule has 0 aliphatic heterocycles. The maximum absolute atomic E-state index is 12.5. The third kappa shape index (κ3) is 4.66. The van der Waals surface area contributed by atoms with Crippen molar-refractivity contribution in [3.63, 3.8) is 0 Å². The Bertz CT molecular complexity index is 1010. The standard InChI is InChI=1S/C20H21N5O5/c1-28-16-7-13(8-17(29-2)19(16)30-3)20(27)21-10-18(26)24-14-5-4-6-15(9-14)25-11-22-23-12-25/h4-9,11-12H,10H2,1-3H3,(H,21,27)(H,24,26). The van der Waals surface area contributed by atoms with Gasteiger partial charge in [0.2, 0.25) is 11.7 Å². The number of nitrogens with zero attached hydrogens (tertiary/aromatic N) is 3. The molecule has 2 N–H and O–H groups in total. The second kappa shape index (κ2) is 9.41. The Kier molecular flexibility index (Phi) is 6.48. The highest BCUT2D eigenvalue weighted by Crippen LogP contribution is 2.38. The van der Waals surface area contributed by atoms with Crippen molar-refractivity contribution in [3.8, 4) is 22.9 Å². The van der Waals surface area contributed by atoms with Crippen LogP contribution in [-0.4, -0.2) is 54.5 Å². The van der Waals surface area contributed by atoms with Gasteiger partial charge >= 0.3 is 0 Å². The molecule has 0 fully saturated rings. The summed E-state index contributed by atoms with van der Waals surface area (Å²) in [5, 5.41) is 12.8. The average Bonchev–Trinajstić information content (AvgIpc) is 3.31. The fourth-order valence-corrected chi connectivity index (χ4v) is 2.76. The van der Waals surface area contributed by atoms with Gasteiger partial charge in [-0.25, -0.2) is 0 Å². The Labute approximate surface area is 172 Å². The molecule has 0 unspecified atom stereocenters. The minimum absolute atomic E-state index is 0.216. The van der Waals surface area contributed by atoms with Gasteiger partial charge in [0.15, 0.2) is 11.5 Å². The first-order chi connectivity index (χ1) is 14.5. The summed E-state index contributed by atoms with van der Waals surface area (Å²) in [6.07, 6.45) is 3.11. The smallest absolute Gasteiger partial charge is 0.251 e. The van der Waals surface area contributed by atoms with Gasteiger partial charge in [0, 0.05) is 11.3 Å². The molecule has 0 aliphatic rings. The molecule has 3 aromatic rings. The lowest BCUT2D eigenvalue weighted by Crippen LogP contribution is -2.32. The Morgan fingerprint density at radius 2 is 1.63 bits per heavy atom. The number of benzene rings is 2. The van der Waals surface area contributed by atoms with Gasteiger partial charge in [0.25, 0.3) is 5.91 Å². The van der Waals surface area contributed by atoms with E-state index in [1.54, 1.807) is 35.4 Å². The van der Waals surface area contributed by atoms with E-state index in [1.807, 2.05) is 6.07 Å². The molecule has 0 radical (unpaired) electrons. The molecule has 10 nitrogen and oxygen atoms in total. The molecular weight excluding hydrogens is 390 g/mol. The van der Waals surface area contributed by atoms with Crippen molar-refractivity contribution >= 4 is 17.5 Å². The minimum atomic E-state index is -0.456. The Hall–Kier alpha value is -4.08. The van der Waals surface area contributed by atoms with Crippen LogP contribution >= 0.6 is 0 Å². The number of nitrogens with one attached hydrogen (secondary N) is 2. The van der Waals surface area contributed by atoms with E-state index in [4.69, 9.17) is 14.2 Å². The molecule has 0 saturated heterocycles. The molecule has 156 valence electrons. The van der Waals surface area contributed by atoms with Crippen LogP contribution in [0.25, 0.3) is 5.69 Å². The van der Waals surface area contributed by atoms with Gasteiger partial charge in [-0.2, -0.15) is 0 Å². The van der Waals surface area contributed by atoms with E-state index in [2.05, 4.69) is 20.8 Å². The van der Waals surface area contributed by atoms with Crippen molar-refractivity contribution in [2.45, 2.75) is 0 Å². The summed E-state index contributed by atoms with van der Waals surface area (Å²) in [4.78, 5) is 24.8. The number of anilines is 1. The molecule has 30 heavy (non-hydrogen) atoms. The van der Waals surface area contributed by atoms with Crippen LogP contribution in [0.4, 0.5) is 5.69 Å². The van der Waals surface area contributed by atoms with Crippen LogP contribution in [0.5, 0.6) is 17.2 Å². The number of rotatable bonds is 8. The second-order valence-electron chi connectivity index (χ2n) is 6.06. The largest absolute Gasteiger partial charge is 0.493 e. The fraction of sp³-hybridized carbons (Fsp3) is 0.200. The van der Waals surface area contributed by atoms with Crippen molar-refractivity contribution in [3.05, 3.63) is 54.6 Å². The van der Waals surface area contributed by atoms with Crippen LogP contribution in [0.15, 0.2) is 49.1 Å². The van der Waals surface area contributed by atoms with E-state index in [0.717, 1.165) is 5.69 Å². The third-order valence-corrected chi connectivity index (χ3v) is 4.18. The number of ether oxygens (including phenoxy) is 3. The third-order valence-electron chi connectivity index (χ3n) is 4.18.